The summed E-state index contributed by atoms with van der Waals surface area (Å²) in [6.07, 6.45) is 28.0. The van der Waals surface area contributed by atoms with E-state index in [0.29, 0.717) is 61.0 Å². The van der Waals surface area contributed by atoms with Gasteiger partial charge in [-0.3, -0.25) is 42.5 Å². The highest BCUT2D eigenvalue weighted by molar-refractivity contribution is 6.39. The molecule has 18 atom stereocenters. The molecular weight excluding hydrogens is 601 g/mol. The summed E-state index contributed by atoms with van der Waals surface area (Å²) in [6.45, 7) is 1.01. The zero-order valence-electron chi connectivity index (χ0n) is 28.9. The van der Waals surface area contributed by atoms with Gasteiger partial charge in [-0.1, -0.05) is 51.4 Å². The number of fused-ring (bicyclic) bond motifs is 20. The highest BCUT2D eigenvalue weighted by Gasteiger charge is 2.55. The molecule has 0 radical (unpaired) electrons. The Morgan fingerprint density at radius 2 is 0.702 bits per heavy atom. The largest absolute Gasteiger partial charge is 0.382 e. The van der Waals surface area contributed by atoms with E-state index in [1.807, 2.05) is 0 Å². The molecule has 4 saturated carbocycles. The Morgan fingerprint density at radius 3 is 1.11 bits per heavy atom. The van der Waals surface area contributed by atoms with Crippen LogP contribution in [-0.4, -0.2) is 71.2 Å². The molecule has 10 rings (SSSR count). The van der Waals surface area contributed by atoms with Gasteiger partial charge < -0.3 is 4.74 Å². The Balaban J connectivity index is 0.980. The van der Waals surface area contributed by atoms with Gasteiger partial charge in [0, 0.05) is 12.3 Å². The fourth-order valence-electron chi connectivity index (χ4n) is 13.8. The molecule has 47 heavy (non-hydrogen) atoms. The zero-order valence-corrected chi connectivity index (χ0v) is 30.4. The van der Waals surface area contributed by atoms with Crippen LogP contribution >= 0.6 is 0 Å². The third kappa shape index (κ3) is 5.84. The maximum absolute atomic E-state index is 6.46. The molecule has 10 aliphatic rings. The number of ether oxygens (including phenoxy) is 1. The average Bonchev–Trinajstić information content (AvgIpc) is 3.85. The molecule has 8 bridgehead atoms. The Labute approximate surface area is 286 Å². The molecule has 0 spiro atoms. The quantitative estimate of drug-likeness (QED) is 0.212. The molecule has 0 aromatic carbocycles. The van der Waals surface area contributed by atoms with Gasteiger partial charge in [0.2, 0.25) is 0 Å². The third-order valence-electron chi connectivity index (χ3n) is 15.9. The van der Waals surface area contributed by atoms with Gasteiger partial charge in [0.05, 0.1) is 58.8 Å². The van der Waals surface area contributed by atoms with E-state index >= 15 is 0 Å². The minimum atomic E-state index is -0.316. The van der Waals surface area contributed by atoms with Gasteiger partial charge in [0.25, 0.3) is 0 Å². The fraction of sp³-hybridized carbons (Fsp3) is 1.00. The number of nitrogens with one attached hydrogen (secondary N) is 8. The predicted molar refractivity (Wildman–Crippen MR) is 188 cm³/mol. The van der Waals surface area contributed by atoms with E-state index in [-0.39, 0.29) is 9.52 Å². The maximum Gasteiger partial charge on any atom is 0.0628 e. The zero-order chi connectivity index (χ0) is 30.9. The van der Waals surface area contributed by atoms with Gasteiger partial charge in [-0.2, -0.15) is 0 Å². The second kappa shape index (κ2) is 13.4. The maximum atomic E-state index is 6.46. The highest BCUT2D eigenvalue weighted by Crippen LogP contribution is 2.48. The minimum Gasteiger partial charge on any atom is -0.382 e. The van der Waals surface area contributed by atoms with Gasteiger partial charge >= 0.3 is 0 Å². The van der Waals surface area contributed by atoms with Crippen molar-refractivity contribution < 1.29 is 4.74 Å². The van der Waals surface area contributed by atoms with Crippen LogP contribution in [0.15, 0.2) is 0 Å². The first-order chi connectivity index (χ1) is 23.3. The number of hydrogen-bond acceptors (Lipinski definition) is 9. The SMILES string of the molecule is C1CCC([SiH2]C2CCCC3C4NC5NC(NC6NC(NC7NC(NC(N4)C23)C2CCCCC72)C2CCCCC62)C2CCCCC52)OC1. The molecule has 6 aliphatic heterocycles. The summed E-state index contributed by atoms with van der Waals surface area (Å²) >= 11 is 0. The van der Waals surface area contributed by atoms with Crippen molar-refractivity contribution in [3.63, 3.8) is 0 Å². The van der Waals surface area contributed by atoms with E-state index in [9.17, 15) is 0 Å². The van der Waals surface area contributed by atoms with Crippen LogP contribution in [0.3, 0.4) is 0 Å². The van der Waals surface area contributed by atoms with Crippen molar-refractivity contribution in [2.45, 2.75) is 176 Å². The van der Waals surface area contributed by atoms with E-state index in [4.69, 9.17) is 4.74 Å². The Bertz CT molecular complexity index is 1090. The first-order valence-electron chi connectivity index (χ1n) is 21.0. The fourth-order valence-corrected chi connectivity index (χ4v) is 16.8. The van der Waals surface area contributed by atoms with E-state index in [2.05, 4.69) is 42.5 Å². The molecule has 4 aliphatic carbocycles. The topological polar surface area (TPSA) is 105 Å². The smallest absolute Gasteiger partial charge is 0.0628 e. The van der Waals surface area contributed by atoms with Crippen molar-refractivity contribution >= 4 is 9.52 Å². The summed E-state index contributed by atoms with van der Waals surface area (Å²) in [5, 5.41) is 34.5. The summed E-state index contributed by atoms with van der Waals surface area (Å²) in [7, 11) is -0.316. The molecule has 6 saturated heterocycles. The van der Waals surface area contributed by atoms with Crippen molar-refractivity contribution in [2.24, 2.45) is 47.3 Å². The van der Waals surface area contributed by atoms with Gasteiger partial charge in [0.15, 0.2) is 0 Å². The lowest BCUT2D eigenvalue weighted by atomic mass is 9.76. The van der Waals surface area contributed by atoms with E-state index in [1.54, 1.807) is 0 Å². The van der Waals surface area contributed by atoms with Crippen molar-refractivity contribution in [1.82, 2.24) is 42.5 Å². The van der Waals surface area contributed by atoms with Crippen LogP contribution in [0.4, 0.5) is 0 Å². The molecule has 8 N–H and O–H groups in total. The normalized spacial score (nSPS) is 56.2. The van der Waals surface area contributed by atoms with Crippen molar-refractivity contribution in [2.75, 3.05) is 6.61 Å². The molecule has 6 heterocycles. The Morgan fingerprint density at radius 1 is 0.340 bits per heavy atom. The molecule has 0 aromatic heterocycles. The molecule has 18 unspecified atom stereocenters. The summed E-state index contributed by atoms with van der Waals surface area (Å²) in [4.78, 5) is 0. The third-order valence-corrected chi connectivity index (χ3v) is 18.6. The summed E-state index contributed by atoms with van der Waals surface area (Å²) in [5.74, 6) is 5.82. The molecule has 0 amide bonds. The van der Waals surface area contributed by atoms with Gasteiger partial charge in [-0.15, -0.1) is 0 Å². The standard InChI is InChI=1S/C37H66N8OSi/c1-2-11-21-20(10-1)30-38-31(21)40-33-24-14-5-6-15-25(24)35(42-33)44-37-29-26(16-9-17-27(29)47-28-18-7-8-19-46-28)36(45-37)43-34-23-13-4-3-12-22(23)32(39-30)41-34/h20-45H,1-19,47H2. The van der Waals surface area contributed by atoms with Crippen LogP contribution in [0, 0.1) is 47.3 Å². The summed E-state index contributed by atoms with van der Waals surface area (Å²) < 4.78 is 6.46. The van der Waals surface area contributed by atoms with E-state index in [0.717, 1.165) is 53.6 Å². The lowest BCUT2D eigenvalue weighted by Gasteiger charge is -2.41. The molecule has 9 nitrogen and oxygen atoms in total. The predicted octanol–water partition coefficient (Wildman–Crippen LogP) is 2.70. The molecule has 264 valence electrons. The van der Waals surface area contributed by atoms with E-state index < -0.39 is 0 Å². The van der Waals surface area contributed by atoms with Crippen LogP contribution in [0.1, 0.15) is 116 Å². The molecule has 10 fully saturated rings. The minimum absolute atomic E-state index is 0.316. The second-order valence-corrected chi connectivity index (χ2v) is 20.6. The first-order valence-corrected chi connectivity index (χ1v) is 22.6. The summed E-state index contributed by atoms with van der Waals surface area (Å²) in [5.41, 5.74) is 1.49. The van der Waals surface area contributed by atoms with Crippen LogP contribution in [-0.2, 0) is 4.74 Å². The Hall–Kier alpha value is -0.143. The van der Waals surface area contributed by atoms with Crippen molar-refractivity contribution in [3.05, 3.63) is 0 Å². The highest BCUT2D eigenvalue weighted by atomic mass is 28.2. The first kappa shape index (κ1) is 31.6. The monoisotopic (exact) mass is 667 g/mol. The van der Waals surface area contributed by atoms with Gasteiger partial charge in [-0.25, -0.2) is 0 Å². The molecular formula is C37H66N8OSi. The lowest BCUT2D eigenvalue weighted by molar-refractivity contribution is 0.0620. The van der Waals surface area contributed by atoms with Crippen molar-refractivity contribution in [1.29, 1.82) is 0 Å². The van der Waals surface area contributed by atoms with Crippen LogP contribution in [0.2, 0.25) is 5.54 Å². The van der Waals surface area contributed by atoms with E-state index in [1.165, 1.54) is 116 Å². The molecule has 0 aromatic rings. The second-order valence-electron chi connectivity index (χ2n) is 18.1. The van der Waals surface area contributed by atoms with Crippen LogP contribution < -0.4 is 42.5 Å². The average molecular weight is 667 g/mol. The summed E-state index contributed by atoms with van der Waals surface area (Å²) in [6, 6.07) is 0. The van der Waals surface area contributed by atoms with Crippen molar-refractivity contribution in [3.8, 4) is 0 Å². The molecule has 10 heteroatoms. The van der Waals surface area contributed by atoms with Crippen LogP contribution in [0.5, 0.6) is 0 Å². The lowest BCUT2D eigenvalue weighted by Crippen LogP contribution is -2.61. The van der Waals surface area contributed by atoms with Gasteiger partial charge in [-0.05, 0) is 117 Å². The van der Waals surface area contributed by atoms with Crippen LogP contribution in [0.25, 0.3) is 0 Å². The Kier molecular flexibility index (Phi) is 9.03. The number of hydrogen-bond donors (Lipinski definition) is 8. The number of rotatable bonds is 2. The van der Waals surface area contributed by atoms with Gasteiger partial charge in [0.1, 0.15) is 0 Å².